The number of aromatic hydroxyl groups is 1. The second kappa shape index (κ2) is 5.20. The van der Waals surface area contributed by atoms with Crippen molar-refractivity contribution in [3.05, 3.63) is 28.8 Å². The Morgan fingerprint density at radius 2 is 2.14 bits per heavy atom. The molecular formula is C10H14ClNO2. The van der Waals surface area contributed by atoms with Crippen LogP contribution in [-0.2, 0) is 0 Å². The Kier molecular flexibility index (Phi) is 4.20. The van der Waals surface area contributed by atoms with Gasteiger partial charge in [-0.15, -0.1) is 0 Å². The maximum Gasteiger partial charge on any atom is 0.120 e. The van der Waals surface area contributed by atoms with Crippen molar-refractivity contribution >= 4 is 11.6 Å². The molecule has 0 saturated heterocycles. The third-order valence-corrected chi connectivity index (χ3v) is 2.30. The molecule has 78 valence electrons. The van der Waals surface area contributed by atoms with Gasteiger partial charge in [0.2, 0.25) is 0 Å². The fourth-order valence-corrected chi connectivity index (χ4v) is 1.47. The molecular weight excluding hydrogens is 202 g/mol. The van der Waals surface area contributed by atoms with Gasteiger partial charge in [0.1, 0.15) is 5.75 Å². The van der Waals surface area contributed by atoms with E-state index in [-0.39, 0.29) is 18.4 Å². The monoisotopic (exact) mass is 215 g/mol. The highest BCUT2D eigenvalue weighted by atomic mass is 35.5. The third kappa shape index (κ3) is 2.87. The van der Waals surface area contributed by atoms with E-state index in [1.807, 2.05) is 0 Å². The molecule has 1 aromatic carbocycles. The van der Waals surface area contributed by atoms with E-state index < -0.39 is 0 Å². The van der Waals surface area contributed by atoms with Crippen LogP contribution in [0.5, 0.6) is 5.75 Å². The minimum absolute atomic E-state index is 0.106. The van der Waals surface area contributed by atoms with E-state index >= 15 is 0 Å². The first-order valence-electron chi connectivity index (χ1n) is 4.50. The minimum Gasteiger partial charge on any atom is -0.508 e. The van der Waals surface area contributed by atoms with Gasteiger partial charge in [0.05, 0.1) is 0 Å². The lowest BCUT2D eigenvalue weighted by Gasteiger charge is -2.13. The van der Waals surface area contributed by atoms with Gasteiger partial charge >= 0.3 is 0 Å². The van der Waals surface area contributed by atoms with E-state index in [4.69, 9.17) is 22.4 Å². The highest BCUT2D eigenvalue weighted by Gasteiger charge is 2.10. The summed E-state index contributed by atoms with van der Waals surface area (Å²) in [6.07, 6.45) is 1.25. The molecule has 1 rings (SSSR count). The summed E-state index contributed by atoms with van der Waals surface area (Å²) in [6.45, 7) is 0.106. The maximum atomic E-state index is 9.50. The van der Waals surface area contributed by atoms with Crippen LogP contribution >= 0.6 is 11.6 Å². The normalized spacial score (nSPS) is 12.8. The highest BCUT2D eigenvalue weighted by Crippen LogP contribution is 2.28. The van der Waals surface area contributed by atoms with E-state index in [0.29, 0.717) is 23.4 Å². The SMILES string of the molecule is N[C@H](CCCO)c1cc(Cl)ccc1O. The van der Waals surface area contributed by atoms with Crippen LogP contribution in [0.3, 0.4) is 0 Å². The van der Waals surface area contributed by atoms with Crippen molar-refractivity contribution in [1.82, 2.24) is 0 Å². The van der Waals surface area contributed by atoms with E-state index in [2.05, 4.69) is 0 Å². The summed E-state index contributed by atoms with van der Waals surface area (Å²) >= 11 is 5.78. The molecule has 14 heavy (non-hydrogen) atoms. The number of nitrogens with two attached hydrogens (primary N) is 1. The molecule has 0 aliphatic rings. The molecule has 3 nitrogen and oxygen atoms in total. The van der Waals surface area contributed by atoms with Crippen molar-refractivity contribution in [2.45, 2.75) is 18.9 Å². The average molecular weight is 216 g/mol. The maximum absolute atomic E-state index is 9.50. The summed E-state index contributed by atoms with van der Waals surface area (Å²) in [5.74, 6) is 0.153. The summed E-state index contributed by atoms with van der Waals surface area (Å²) in [5.41, 5.74) is 6.45. The van der Waals surface area contributed by atoms with Crippen LogP contribution in [0.4, 0.5) is 0 Å². The molecule has 0 bridgehead atoms. The average Bonchev–Trinajstić information content (AvgIpc) is 2.18. The number of hydrogen-bond donors (Lipinski definition) is 3. The zero-order valence-electron chi connectivity index (χ0n) is 7.78. The van der Waals surface area contributed by atoms with Crippen molar-refractivity contribution in [2.24, 2.45) is 5.73 Å². The Balaban J connectivity index is 2.77. The number of halogens is 1. The third-order valence-electron chi connectivity index (χ3n) is 2.06. The highest BCUT2D eigenvalue weighted by molar-refractivity contribution is 6.30. The zero-order valence-corrected chi connectivity index (χ0v) is 8.54. The lowest BCUT2D eigenvalue weighted by atomic mass is 10.0. The first-order valence-corrected chi connectivity index (χ1v) is 4.88. The Morgan fingerprint density at radius 3 is 2.79 bits per heavy atom. The van der Waals surface area contributed by atoms with Crippen molar-refractivity contribution in [1.29, 1.82) is 0 Å². The van der Waals surface area contributed by atoms with Crippen molar-refractivity contribution in [3.8, 4) is 5.75 Å². The minimum atomic E-state index is -0.277. The van der Waals surface area contributed by atoms with E-state index in [1.54, 1.807) is 12.1 Å². The van der Waals surface area contributed by atoms with Crippen molar-refractivity contribution < 1.29 is 10.2 Å². The fraction of sp³-hybridized carbons (Fsp3) is 0.400. The number of hydrogen-bond acceptors (Lipinski definition) is 3. The van der Waals surface area contributed by atoms with Crippen LogP contribution in [0.2, 0.25) is 5.02 Å². The lowest BCUT2D eigenvalue weighted by molar-refractivity contribution is 0.279. The first-order chi connectivity index (χ1) is 6.65. The summed E-state index contributed by atoms with van der Waals surface area (Å²) in [6, 6.07) is 4.51. The summed E-state index contributed by atoms with van der Waals surface area (Å²) in [4.78, 5) is 0. The van der Waals surface area contributed by atoms with Crippen molar-refractivity contribution in [3.63, 3.8) is 0 Å². The molecule has 0 heterocycles. The first kappa shape index (κ1) is 11.3. The number of benzene rings is 1. The van der Waals surface area contributed by atoms with Crippen LogP contribution in [0.25, 0.3) is 0 Å². The molecule has 0 unspecified atom stereocenters. The van der Waals surface area contributed by atoms with Crippen LogP contribution < -0.4 is 5.73 Å². The van der Waals surface area contributed by atoms with Crippen LogP contribution in [-0.4, -0.2) is 16.8 Å². The van der Waals surface area contributed by atoms with Gasteiger partial charge < -0.3 is 15.9 Å². The lowest BCUT2D eigenvalue weighted by Crippen LogP contribution is -2.11. The van der Waals surface area contributed by atoms with Gasteiger partial charge in [0, 0.05) is 23.2 Å². The van der Waals surface area contributed by atoms with E-state index in [1.165, 1.54) is 6.07 Å². The summed E-state index contributed by atoms with van der Waals surface area (Å²) in [7, 11) is 0. The van der Waals surface area contributed by atoms with E-state index in [9.17, 15) is 5.11 Å². The van der Waals surface area contributed by atoms with Gasteiger partial charge in [0.15, 0.2) is 0 Å². The van der Waals surface area contributed by atoms with Gasteiger partial charge in [-0.3, -0.25) is 0 Å². The molecule has 0 fully saturated rings. The zero-order chi connectivity index (χ0) is 10.6. The molecule has 0 saturated carbocycles. The van der Waals surface area contributed by atoms with Gasteiger partial charge in [0.25, 0.3) is 0 Å². The number of phenolic OH excluding ortho intramolecular Hbond substituents is 1. The molecule has 1 aromatic rings. The topological polar surface area (TPSA) is 66.5 Å². The van der Waals surface area contributed by atoms with Crippen LogP contribution in [0.1, 0.15) is 24.4 Å². The van der Waals surface area contributed by atoms with Crippen LogP contribution in [0.15, 0.2) is 18.2 Å². The van der Waals surface area contributed by atoms with Crippen molar-refractivity contribution in [2.75, 3.05) is 6.61 Å². The molecule has 0 amide bonds. The van der Waals surface area contributed by atoms with Gasteiger partial charge in [-0.05, 0) is 31.0 Å². The van der Waals surface area contributed by atoms with Gasteiger partial charge in [-0.1, -0.05) is 11.6 Å². The Labute approximate surface area is 88.1 Å². The molecule has 4 heteroatoms. The second-order valence-corrected chi connectivity index (χ2v) is 3.61. The Morgan fingerprint density at radius 1 is 1.43 bits per heavy atom. The number of rotatable bonds is 4. The summed E-state index contributed by atoms with van der Waals surface area (Å²) in [5, 5.41) is 18.7. The van der Waals surface area contributed by atoms with Gasteiger partial charge in [-0.25, -0.2) is 0 Å². The smallest absolute Gasteiger partial charge is 0.120 e. The molecule has 1 atom stereocenters. The standard InChI is InChI=1S/C10H14ClNO2/c11-7-3-4-10(14)8(6-7)9(12)2-1-5-13/h3-4,6,9,13-14H,1-2,5,12H2/t9-/m1/s1. The predicted molar refractivity (Wildman–Crippen MR) is 56.4 cm³/mol. The molecule has 0 aliphatic heterocycles. The molecule has 0 aliphatic carbocycles. The number of aliphatic hydroxyl groups excluding tert-OH is 1. The molecule has 4 N–H and O–H groups in total. The Hall–Kier alpha value is -0.770. The number of aliphatic hydroxyl groups is 1. The molecule has 0 aromatic heterocycles. The molecule has 0 radical (unpaired) electrons. The summed E-state index contributed by atoms with van der Waals surface area (Å²) < 4.78 is 0. The number of phenols is 1. The van der Waals surface area contributed by atoms with Gasteiger partial charge in [-0.2, -0.15) is 0 Å². The largest absolute Gasteiger partial charge is 0.508 e. The predicted octanol–water partition coefficient (Wildman–Crippen LogP) is 1.82. The Bertz CT molecular complexity index is 304. The fourth-order valence-electron chi connectivity index (χ4n) is 1.29. The second-order valence-electron chi connectivity index (χ2n) is 3.18. The molecule has 0 spiro atoms. The van der Waals surface area contributed by atoms with Crippen LogP contribution in [0, 0.1) is 0 Å². The quantitative estimate of drug-likeness (QED) is 0.718. The van der Waals surface area contributed by atoms with E-state index in [0.717, 1.165) is 0 Å².